The molecular weight excluding hydrogens is 282 g/mol. The van der Waals surface area contributed by atoms with E-state index in [0.29, 0.717) is 24.7 Å². The van der Waals surface area contributed by atoms with Crippen LogP contribution < -0.4 is 0 Å². The maximum Gasteiger partial charge on any atom is 0.255 e. The Labute approximate surface area is 127 Å². The predicted octanol–water partition coefficient (Wildman–Crippen LogP) is 2.34. The van der Waals surface area contributed by atoms with Crippen LogP contribution in [-0.2, 0) is 11.2 Å². The van der Waals surface area contributed by atoms with Crippen LogP contribution in [0.2, 0.25) is 0 Å². The second kappa shape index (κ2) is 6.48. The first-order chi connectivity index (χ1) is 10.8. The molecule has 0 saturated carbocycles. The van der Waals surface area contributed by atoms with Crippen LogP contribution in [0.25, 0.3) is 5.69 Å². The van der Waals surface area contributed by atoms with Crippen LogP contribution in [-0.4, -0.2) is 31.5 Å². The molecule has 0 fully saturated rings. The minimum absolute atomic E-state index is 0.210. The highest BCUT2D eigenvalue weighted by Gasteiger charge is 2.16. The fourth-order valence-electron chi connectivity index (χ4n) is 2.15. The van der Waals surface area contributed by atoms with Crippen molar-refractivity contribution in [2.24, 2.45) is 0 Å². The van der Waals surface area contributed by atoms with Crippen LogP contribution >= 0.6 is 0 Å². The van der Waals surface area contributed by atoms with Crippen LogP contribution in [0.1, 0.15) is 37.5 Å². The number of para-hydroxylation sites is 1. The van der Waals surface area contributed by atoms with Crippen LogP contribution in [0.3, 0.4) is 0 Å². The first-order valence-electron chi connectivity index (χ1n) is 7.16. The van der Waals surface area contributed by atoms with Gasteiger partial charge in [0.25, 0.3) is 5.89 Å². The van der Waals surface area contributed by atoms with Gasteiger partial charge in [0.1, 0.15) is 18.3 Å². The van der Waals surface area contributed by atoms with Crippen LogP contribution in [0.4, 0.5) is 0 Å². The summed E-state index contributed by atoms with van der Waals surface area (Å²) in [6.07, 6.45) is 1.91. The molecule has 1 atom stereocenters. The Morgan fingerprint density at radius 3 is 2.86 bits per heavy atom. The summed E-state index contributed by atoms with van der Waals surface area (Å²) in [5.74, 6) is 1.79. The van der Waals surface area contributed by atoms with Crippen LogP contribution in [0, 0.1) is 0 Å². The minimum atomic E-state index is -0.210. The van der Waals surface area contributed by atoms with E-state index in [1.54, 1.807) is 6.33 Å². The van der Waals surface area contributed by atoms with E-state index in [2.05, 4.69) is 20.3 Å². The molecule has 0 aliphatic carbocycles. The normalized spacial score (nSPS) is 12.5. The Hall–Kier alpha value is -2.54. The summed E-state index contributed by atoms with van der Waals surface area (Å²) in [4.78, 5) is 4.35. The van der Waals surface area contributed by atoms with E-state index in [9.17, 15) is 0 Å². The summed E-state index contributed by atoms with van der Waals surface area (Å²) in [5, 5.41) is 12.1. The molecule has 0 spiro atoms. The molecule has 7 heteroatoms. The molecule has 1 aromatic carbocycles. The lowest BCUT2D eigenvalue weighted by atomic mass is 10.3. The van der Waals surface area contributed by atoms with Crippen molar-refractivity contribution in [1.29, 1.82) is 0 Å². The van der Waals surface area contributed by atoms with Crippen molar-refractivity contribution < 1.29 is 9.26 Å². The highest BCUT2D eigenvalue weighted by atomic mass is 16.5. The third kappa shape index (κ3) is 3.04. The van der Waals surface area contributed by atoms with E-state index in [1.807, 2.05) is 48.7 Å². The van der Waals surface area contributed by atoms with Crippen molar-refractivity contribution >= 4 is 0 Å². The van der Waals surface area contributed by atoms with Gasteiger partial charge in [0.2, 0.25) is 0 Å². The molecular formula is C15H17N5O2. The second-order valence-electron chi connectivity index (χ2n) is 4.78. The molecule has 22 heavy (non-hydrogen) atoms. The fourth-order valence-corrected chi connectivity index (χ4v) is 2.15. The SMILES string of the molecule is CCOC(C)c1nc(Cc2nncn2-c2ccccc2)no1. The Balaban J connectivity index is 1.79. The van der Waals surface area contributed by atoms with Gasteiger partial charge in [-0.2, -0.15) is 4.98 Å². The first kappa shape index (κ1) is 14.4. The molecule has 7 nitrogen and oxygen atoms in total. The molecule has 0 saturated heterocycles. The average Bonchev–Trinajstić information content (AvgIpc) is 3.18. The molecule has 0 aliphatic heterocycles. The zero-order valence-corrected chi connectivity index (χ0v) is 12.5. The maximum absolute atomic E-state index is 5.44. The van der Waals surface area contributed by atoms with Gasteiger partial charge in [0, 0.05) is 12.3 Å². The molecule has 114 valence electrons. The average molecular weight is 299 g/mol. The lowest BCUT2D eigenvalue weighted by Gasteiger charge is -2.05. The third-order valence-corrected chi connectivity index (χ3v) is 3.22. The monoisotopic (exact) mass is 299 g/mol. The van der Waals surface area contributed by atoms with Crippen molar-refractivity contribution in [3.8, 4) is 5.69 Å². The summed E-state index contributed by atoms with van der Waals surface area (Å²) in [7, 11) is 0. The highest BCUT2D eigenvalue weighted by molar-refractivity contribution is 5.32. The third-order valence-electron chi connectivity index (χ3n) is 3.22. The van der Waals surface area contributed by atoms with E-state index < -0.39 is 0 Å². The van der Waals surface area contributed by atoms with Gasteiger partial charge >= 0.3 is 0 Å². The molecule has 3 aromatic rings. The number of hydrogen-bond acceptors (Lipinski definition) is 6. The Morgan fingerprint density at radius 2 is 2.09 bits per heavy atom. The smallest absolute Gasteiger partial charge is 0.255 e. The first-order valence-corrected chi connectivity index (χ1v) is 7.16. The van der Waals surface area contributed by atoms with Gasteiger partial charge in [0.05, 0.1) is 6.42 Å². The van der Waals surface area contributed by atoms with Gasteiger partial charge in [-0.3, -0.25) is 4.57 Å². The highest BCUT2D eigenvalue weighted by Crippen LogP contribution is 2.16. The van der Waals surface area contributed by atoms with Gasteiger partial charge in [-0.05, 0) is 26.0 Å². The van der Waals surface area contributed by atoms with Crippen molar-refractivity contribution in [2.75, 3.05) is 6.61 Å². The molecule has 0 bridgehead atoms. The fraction of sp³-hybridized carbons (Fsp3) is 0.333. The Morgan fingerprint density at radius 1 is 1.27 bits per heavy atom. The van der Waals surface area contributed by atoms with Crippen molar-refractivity contribution in [3.63, 3.8) is 0 Å². The van der Waals surface area contributed by atoms with Gasteiger partial charge in [0.15, 0.2) is 5.82 Å². The number of ether oxygens (including phenoxy) is 1. The summed E-state index contributed by atoms with van der Waals surface area (Å²) >= 11 is 0. The van der Waals surface area contributed by atoms with Gasteiger partial charge in [-0.1, -0.05) is 23.4 Å². The molecule has 2 aromatic heterocycles. The second-order valence-corrected chi connectivity index (χ2v) is 4.78. The number of aromatic nitrogens is 5. The van der Waals surface area contributed by atoms with E-state index in [4.69, 9.17) is 9.26 Å². The summed E-state index contributed by atoms with van der Waals surface area (Å²) < 4.78 is 12.6. The van der Waals surface area contributed by atoms with E-state index >= 15 is 0 Å². The lowest BCUT2D eigenvalue weighted by molar-refractivity contribution is 0.0519. The summed E-state index contributed by atoms with van der Waals surface area (Å²) in [6.45, 7) is 4.41. The minimum Gasteiger partial charge on any atom is -0.369 e. The molecule has 0 N–H and O–H groups in total. The molecule has 0 aliphatic rings. The van der Waals surface area contributed by atoms with Crippen molar-refractivity contribution in [2.45, 2.75) is 26.4 Å². The molecule has 0 radical (unpaired) electrons. The van der Waals surface area contributed by atoms with Gasteiger partial charge < -0.3 is 9.26 Å². The molecule has 0 amide bonds. The van der Waals surface area contributed by atoms with Crippen LogP contribution in [0.15, 0.2) is 41.2 Å². The molecule has 3 rings (SSSR count). The largest absolute Gasteiger partial charge is 0.369 e. The number of benzene rings is 1. The predicted molar refractivity (Wildman–Crippen MR) is 78.5 cm³/mol. The topological polar surface area (TPSA) is 78.9 Å². The van der Waals surface area contributed by atoms with E-state index in [1.165, 1.54) is 0 Å². The van der Waals surface area contributed by atoms with Crippen molar-refractivity contribution in [1.82, 2.24) is 24.9 Å². The number of rotatable bonds is 6. The number of hydrogen-bond donors (Lipinski definition) is 0. The standard InChI is InChI=1S/C15H17N5O2/c1-3-21-11(2)15-17-13(19-22-15)9-14-18-16-10-20(14)12-7-5-4-6-8-12/h4-8,10-11H,3,9H2,1-2H3. The molecule has 2 heterocycles. The van der Waals surface area contributed by atoms with E-state index in [0.717, 1.165) is 11.5 Å². The summed E-state index contributed by atoms with van der Waals surface area (Å²) in [5.41, 5.74) is 0.994. The Kier molecular flexibility index (Phi) is 4.24. The van der Waals surface area contributed by atoms with Gasteiger partial charge in [-0.15, -0.1) is 10.2 Å². The summed E-state index contributed by atoms with van der Waals surface area (Å²) in [6, 6.07) is 9.89. The Bertz CT molecular complexity index is 722. The zero-order valence-electron chi connectivity index (χ0n) is 12.5. The van der Waals surface area contributed by atoms with Gasteiger partial charge in [-0.25, -0.2) is 0 Å². The van der Waals surface area contributed by atoms with Crippen molar-refractivity contribution in [3.05, 3.63) is 54.2 Å². The lowest BCUT2D eigenvalue weighted by Crippen LogP contribution is -2.03. The quantitative estimate of drug-likeness (QED) is 0.695. The maximum atomic E-state index is 5.44. The zero-order chi connectivity index (χ0) is 15.4. The number of nitrogens with zero attached hydrogens (tertiary/aromatic N) is 5. The molecule has 1 unspecified atom stereocenters. The van der Waals surface area contributed by atoms with E-state index in [-0.39, 0.29) is 6.10 Å². The van der Waals surface area contributed by atoms with Crippen LogP contribution in [0.5, 0.6) is 0 Å².